The van der Waals surface area contributed by atoms with Crippen molar-refractivity contribution in [2.24, 2.45) is 0 Å². The summed E-state index contributed by atoms with van der Waals surface area (Å²) in [6.07, 6.45) is 0.204. The number of amides is 1. The third kappa shape index (κ3) is 4.12. The lowest BCUT2D eigenvalue weighted by atomic mass is 10.1. The maximum Gasteiger partial charge on any atom is 0.387 e. The fourth-order valence-electron chi connectivity index (χ4n) is 3.22. The number of aromatic nitrogens is 2. The number of carbonyl (C=O) groups excluding carboxylic acids is 1. The molecule has 0 aliphatic carbocycles. The summed E-state index contributed by atoms with van der Waals surface area (Å²) in [5.41, 5.74) is 3.77. The molecule has 148 valence electrons. The van der Waals surface area contributed by atoms with Crippen LogP contribution in [0, 0.1) is 6.92 Å². The molecule has 5 nitrogen and oxygen atoms in total. The van der Waals surface area contributed by atoms with E-state index in [0.29, 0.717) is 16.4 Å². The quantitative estimate of drug-likeness (QED) is 0.446. The van der Waals surface area contributed by atoms with Crippen LogP contribution in [0.3, 0.4) is 0 Å². The molecular weight excluding hydrogens is 396 g/mol. The van der Waals surface area contributed by atoms with Gasteiger partial charge in [-0.3, -0.25) is 4.79 Å². The molecule has 0 spiro atoms. The van der Waals surface area contributed by atoms with Crippen molar-refractivity contribution in [1.82, 2.24) is 9.97 Å². The number of halogens is 2. The van der Waals surface area contributed by atoms with Crippen molar-refractivity contribution in [3.63, 3.8) is 0 Å². The van der Waals surface area contributed by atoms with Gasteiger partial charge >= 0.3 is 6.61 Å². The lowest BCUT2D eigenvalue weighted by Crippen LogP contribution is -2.14. The van der Waals surface area contributed by atoms with Gasteiger partial charge < -0.3 is 15.0 Å². The molecule has 2 N–H and O–H groups in total. The predicted octanol–water partition coefficient (Wildman–Crippen LogP) is 5.38. The Labute approximate surface area is 169 Å². The van der Waals surface area contributed by atoms with Gasteiger partial charge in [-0.05, 0) is 30.7 Å². The summed E-state index contributed by atoms with van der Waals surface area (Å²) in [5.74, 6) is -0.157. The molecule has 2 aromatic heterocycles. The van der Waals surface area contributed by atoms with Gasteiger partial charge in [-0.25, -0.2) is 4.98 Å². The van der Waals surface area contributed by atoms with Crippen molar-refractivity contribution >= 4 is 33.3 Å². The second kappa shape index (κ2) is 8.00. The molecule has 1 amide bonds. The first kappa shape index (κ1) is 19.1. The first-order chi connectivity index (χ1) is 14.0. The fourth-order valence-corrected chi connectivity index (χ4v) is 3.95. The number of thiazole rings is 1. The van der Waals surface area contributed by atoms with Crippen LogP contribution in [0.15, 0.2) is 53.9 Å². The number of carbonyl (C=O) groups is 1. The van der Waals surface area contributed by atoms with Crippen molar-refractivity contribution in [2.75, 3.05) is 5.32 Å². The lowest BCUT2D eigenvalue weighted by Gasteiger charge is -2.08. The smallest absolute Gasteiger partial charge is 0.387 e. The van der Waals surface area contributed by atoms with Crippen LogP contribution in [0.2, 0.25) is 0 Å². The molecule has 0 aliphatic rings. The highest BCUT2D eigenvalue weighted by atomic mass is 32.1. The predicted molar refractivity (Wildman–Crippen MR) is 110 cm³/mol. The Kier molecular flexibility index (Phi) is 5.26. The van der Waals surface area contributed by atoms with E-state index in [4.69, 9.17) is 0 Å². The topological polar surface area (TPSA) is 67.0 Å². The standard InChI is InChI=1S/C21H17F2N3O2S/c1-12-15(13-6-2-4-8-16(13)24-12)10-19(27)26-21-25-17(11-29-21)14-7-3-5-9-18(14)28-20(22)23/h2-9,11,20,24H,10H2,1H3,(H,25,26,27). The molecule has 0 atom stereocenters. The number of ether oxygens (including phenoxy) is 1. The van der Waals surface area contributed by atoms with Gasteiger partial charge in [-0.2, -0.15) is 8.78 Å². The van der Waals surface area contributed by atoms with Crippen molar-refractivity contribution < 1.29 is 18.3 Å². The minimum Gasteiger partial charge on any atom is -0.434 e. The average molecular weight is 413 g/mol. The number of alkyl halides is 2. The molecule has 0 unspecified atom stereocenters. The molecule has 0 radical (unpaired) electrons. The van der Waals surface area contributed by atoms with Crippen molar-refractivity contribution in [2.45, 2.75) is 20.0 Å². The Morgan fingerprint density at radius 1 is 1.21 bits per heavy atom. The Balaban J connectivity index is 1.51. The van der Waals surface area contributed by atoms with Crippen molar-refractivity contribution in [1.29, 1.82) is 0 Å². The number of aryl methyl sites for hydroxylation is 1. The Bertz CT molecular complexity index is 1170. The van der Waals surface area contributed by atoms with Crippen LogP contribution in [0.5, 0.6) is 5.75 Å². The van der Waals surface area contributed by atoms with Gasteiger partial charge in [0.05, 0.1) is 12.1 Å². The number of nitrogens with zero attached hydrogens (tertiary/aromatic N) is 1. The molecule has 0 bridgehead atoms. The monoisotopic (exact) mass is 413 g/mol. The third-order valence-electron chi connectivity index (χ3n) is 4.49. The van der Waals surface area contributed by atoms with E-state index in [1.54, 1.807) is 23.6 Å². The first-order valence-corrected chi connectivity index (χ1v) is 9.75. The van der Waals surface area contributed by atoms with Crippen LogP contribution in [0.4, 0.5) is 13.9 Å². The average Bonchev–Trinajstić information content (AvgIpc) is 3.26. The molecule has 2 aromatic carbocycles. The molecular formula is C21H17F2N3O2S. The van der Waals surface area contributed by atoms with Crippen LogP contribution < -0.4 is 10.1 Å². The molecule has 0 saturated carbocycles. The van der Waals surface area contributed by atoms with Gasteiger partial charge in [-0.1, -0.05) is 30.3 Å². The van der Waals surface area contributed by atoms with E-state index in [9.17, 15) is 13.6 Å². The molecule has 0 saturated heterocycles. The second-order valence-corrected chi connectivity index (χ2v) is 7.27. The number of anilines is 1. The van der Waals surface area contributed by atoms with E-state index in [-0.39, 0.29) is 18.1 Å². The molecule has 0 aliphatic heterocycles. The summed E-state index contributed by atoms with van der Waals surface area (Å²) in [7, 11) is 0. The zero-order chi connectivity index (χ0) is 20.4. The molecule has 2 heterocycles. The highest BCUT2D eigenvalue weighted by Gasteiger charge is 2.16. The largest absolute Gasteiger partial charge is 0.434 e. The second-order valence-electron chi connectivity index (χ2n) is 6.41. The zero-order valence-electron chi connectivity index (χ0n) is 15.4. The lowest BCUT2D eigenvalue weighted by molar-refractivity contribution is -0.115. The number of benzene rings is 2. The number of para-hydroxylation sites is 2. The maximum atomic E-state index is 12.6. The highest BCUT2D eigenvalue weighted by molar-refractivity contribution is 7.14. The molecule has 4 rings (SSSR count). The van der Waals surface area contributed by atoms with Gasteiger partial charge in [0.25, 0.3) is 0 Å². The highest BCUT2D eigenvalue weighted by Crippen LogP contribution is 2.33. The SMILES string of the molecule is Cc1[nH]c2ccccc2c1CC(=O)Nc1nc(-c2ccccc2OC(F)F)cs1. The number of H-pyrrole nitrogens is 1. The Morgan fingerprint density at radius 2 is 1.97 bits per heavy atom. The third-order valence-corrected chi connectivity index (χ3v) is 5.25. The van der Waals surface area contributed by atoms with E-state index in [0.717, 1.165) is 22.2 Å². The van der Waals surface area contributed by atoms with Crippen LogP contribution >= 0.6 is 11.3 Å². The van der Waals surface area contributed by atoms with Gasteiger partial charge in [0, 0.05) is 27.5 Å². The summed E-state index contributed by atoms with van der Waals surface area (Å²) < 4.78 is 29.8. The Hall–Kier alpha value is -3.26. The van der Waals surface area contributed by atoms with Gasteiger partial charge in [0.2, 0.25) is 5.91 Å². The molecule has 0 fully saturated rings. The number of nitrogens with one attached hydrogen (secondary N) is 2. The summed E-state index contributed by atoms with van der Waals surface area (Å²) >= 11 is 1.23. The number of hydrogen-bond acceptors (Lipinski definition) is 4. The summed E-state index contributed by atoms with van der Waals surface area (Å²) in [6, 6.07) is 14.2. The number of rotatable bonds is 6. The van der Waals surface area contributed by atoms with E-state index < -0.39 is 6.61 Å². The van der Waals surface area contributed by atoms with Crippen LogP contribution in [0.25, 0.3) is 22.2 Å². The molecule has 29 heavy (non-hydrogen) atoms. The fraction of sp³-hybridized carbons (Fsp3) is 0.143. The van der Waals surface area contributed by atoms with E-state index in [1.165, 1.54) is 17.4 Å². The Morgan fingerprint density at radius 3 is 2.79 bits per heavy atom. The van der Waals surface area contributed by atoms with Gasteiger partial charge in [-0.15, -0.1) is 11.3 Å². The van der Waals surface area contributed by atoms with Gasteiger partial charge in [0.1, 0.15) is 5.75 Å². The normalized spacial score (nSPS) is 11.2. The van der Waals surface area contributed by atoms with Crippen LogP contribution in [-0.4, -0.2) is 22.5 Å². The number of aromatic amines is 1. The minimum absolute atomic E-state index is 0.0418. The summed E-state index contributed by atoms with van der Waals surface area (Å²) in [5, 5.41) is 5.89. The summed E-state index contributed by atoms with van der Waals surface area (Å²) in [4.78, 5) is 20.2. The van der Waals surface area contributed by atoms with Crippen LogP contribution in [0.1, 0.15) is 11.3 Å². The number of fused-ring (bicyclic) bond motifs is 1. The summed E-state index contributed by atoms with van der Waals surface area (Å²) in [6.45, 7) is -0.988. The van der Waals surface area contributed by atoms with E-state index in [2.05, 4.69) is 20.0 Å². The van der Waals surface area contributed by atoms with Crippen LogP contribution in [-0.2, 0) is 11.2 Å². The number of hydrogen-bond donors (Lipinski definition) is 2. The van der Waals surface area contributed by atoms with Crippen molar-refractivity contribution in [3.05, 3.63) is 65.2 Å². The van der Waals surface area contributed by atoms with E-state index >= 15 is 0 Å². The van der Waals surface area contributed by atoms with E-state index in [1.807, 2.05) is 31.2 Å². The zero-order valence-corrected chi connectivity index (χ0v) is 16.2. The van der Waals surface area contributed by atoms with Crippen molar-refractivity contribution in [3.8, 4) is 17.0 Å². The van der Waals surface area contributed by atoms with Gasteiger partial charge in [0.15, 0.2) is 5.13 Å². The first-order valence-electron chi connectivity index (χ1n) is 8.87. The maximum absolute atomic E-state index is 12.6. The molecule has 4 aromatic rings. The minimum atomic E-state index is -2.92. The molecule has 8 heteroatoms.